The van der Waals surface area contributed by atoms with E-state index in [4.69, 9.17) is 0 Å². The van der Waals surface area contributed by atoms with Crippen LogP contribution in [-0.2, 0) is 15.8 Å². The van der Waals surface area contributed by atoms with Gasteiger partial charge in [0.15, 0.2) is 0 Å². The average molecular weight is 480 g/mol. The van der Waals surface area contributed by atoms with Crippen LogP contribution in [0.25, 0.3) is 0 Å². The van der Waals surface area contributed by atoms with Gasteiger partial charge in [0.2, 0.25) is 11.8 Å². The quantitative estimate of drug-likeness (QED) is 0.681. The third-order valence-corrected chi connectivity index (χ3v) is 6.21. The lowest BCUT2D eigenvalue weighted by Crippen LogP contribution is -2.52. The van der Waals surface area contributed by atoms with E-state index in [9.17, 15) is 32.3 Å². The molecule has 0 spiro atoms. The Hall–Kier alpha value is -3.21. The molecule has 7 nitrogen and oxygen atoms in total. The van der Waals surface area contributed by atoms with Crippen molar-refractivity contribution < 1.29 is 32.3 Å². The number of hydrogen-bond donors (Lipinski definition) is 1. The molecular weight excluding hydrogens is 456 g/mol. The maximum absolute atomic E-state index is 14.9. The first-order valence-corrected chi connectivity index (χ1v) is 10.8. The summed E-state index contributed by atoms with van der Waals surface area (Å²) in [5, 5.41) is 9.32. The van der Waals surface area contributed by atoms with Gasteiger partial charge in [0.1, 0.15) is 17.7 Å². The van der Waals surface area contributed by atoms with Gasteiger partial charge in [-0.25, -0.2) is 9.37 Å². The Kier molecular flexibility index (Phi) is 6.24. The van der Waals surface area contributed by atoms with Crippen LogP contribution in [0.2, 0.25) is 0 Å². The van der Waals surface area contributed by atoms with Gasteiger partial charge < -0.3 is 14.9 Å². The molecule has 2 amide bonds. The molecule has 182 valence electrons. The number of carbonyl (C=O) groups excluding carboxylic acids is 2. The van der Waals surface area contributed by atoms with Gasteiger partial charge >= 0.3 is 6.18 Å². The number of nitrogens with zero attached hydrogens (tertiary/aromatic N) is 4. The number of anilines is 3. The van der Waals surface area contributed by atoms with Crippen molar-refractivity contribution in [3.05, 3.63) is 47.4 Å². The summed E-state index contributed by atoms with van der Waals surface area (Å²) in [7, 11) is 1.44. The number of benzene rings is 1. The van der Waals surface area contributed by atoms with E-state index in [1.165, 1.54) is 31.0 Å². The van der Waals surface area contributed by atoms with Gasteiger partial charge in [0, 0.05) is 44.8 Å². The molecule has 1 aromatic heterocycles. The Morgan fingerprint density at radius 2 is 1.94 bits per heavy atom. The van der Waals surface area contributed by atoms with Crippen molar-refractivity contribution in [2.45, 2.75) is 32.0 Å². The second-order valence-electron chi connectivity index (χ2n) is 8.55. The highest BCUT2D eigenvalue weighted by atomic mass is 19.4. The number of amides is 2. The number of halogens is 4. The van der Waals surface area contributed by atoms with Crippen LogP contribution in [0.3, 0.4) is 0 Å². The largest absolute Gasteiger partial charge is 0.416 e. The predicted molar refractivity (Wildman–Crippen MR) is 117 cm³/mol. The molecule has 2 atom stereocenters. The lowest BCUT2D eigenvalue weighted by molar-refractivity contribution is -0.137. The molecule has 1 fully saturated rings. The zero-order valence-corrected chi connectivity index (χ0v) is 18.6. The molecule has 11 heteroatoms. The Morgan fingerprint density at radius 3 is 2.62 bits per heavy atom. The first-order valence-electron chi connectivity index (χ1n) is 10.8. The number of likely N-dealkylation sites (N-methyl/N-ethyl adjacent to an activating group) is 1. The molecule has 4 rings (SSSR count). The fraction of sp³-hybridized carbons (Fsp3) is 0.435. The molecule has 2 aliphatic rings. The van der Waals surface area contributed by atoms with Crippen LogP contribution in [-0.4, -0.2) is 54.7 Å². The van der Waals surface area contributed by atoms with Gasteiger partial charge in [-0.05, 0) is 37.6 Å². The van der Waals surface area contributed by atoms with E-state index in [0.717, 1.165) is 17.0 Å². The summed E-state index contributed by atoms with van der Waals surface area (Å²) in [4.78, 5) is 34.7. The van der Waals surface area contributed by atoms with Crippen molar-refractivity contribution in [3.8, 4) is 0 Å². The normalized spacial score (nSPS) is 20.9. The Labute approximate surface area is 193 Å². The monoisotopic (exact) mass is 480 g/mol. The number of rotatable bonds is 4. The number of aliphatic hydroxyl groups is 1. The molecule has 2 aliphatic heterocycles. The van der Waals surface area contributed by atoms with Crippen molar-refractivity contribution in [2.24, 2.45) is 5.92 Å². The van der Waals surface area contributed by atoms with E-state index in [1.54, 1.807) is 11.0 Å². The summed E-state index contributed by atoms with van der Waals surface area (Å²) < 4.78 is 55.2. The van der Waals surface area contributed by atoms with Crippen molar-refractivity contribution in [2.75, 3.05) is 41.4 Å². The van der Waals surface area contributed by atoms with Gasteiger partial charge in [0.25, 0.3) is 0 Å². The average Bonchev–Trinajstić information content (AvgIpc) is 3.09. The van der Waals surface area contributed by atoms with Crippen LogP contribution >= 0.6 is 0 Å². The molecule has 1 aromatic carbocycles. The number of alkyl halides is 3. The number of aryl methyl sites for hydroxylation is 1. The number of pyridine rings is 1. The smallest absolute Gasteiger partial charge is 0.396 e. The number of fused-ring (bicyclic) bond motifs is 2. The maximum Gasteiger partial charge on any atom is 0.416 e. The molecule has 3 heterocycles. The second kappa shape index (κ2) is 8.86. The van der Waals surface area contributed by atoms with E-state index >= 15 is 0 Å². The van der Waals surface area contributed by atoms with Crippen LogP contribution in [0.1, 0.15) is 24.1 Å². The van der Waals surface area contributed by atoms with Crippen molar-refractivity contribution in [1.29, 1.82) is 0 Å². The maximum atomic E-state index is 14.9. The SMILES string of the molecule is Cc1cc(C(F)(F)F)cc(N2C(=O)C[C@@H]3CN(CCCO)c4c(F)cccc4N(C)C(=O)[C@H]32)n1. The minimum atomic E-state index is -4.65. The number of aromatic nitrogens is 1. The molecule has 0 saturated carbocycles. The van der Waals surface area contributed by atoms with E-state index in [-0.39, 0.29) is 49.0 Å². The molecule has 0 radical (unpaired) electrons. The third kappa shape index (κ3) is 4.20. The summed E-state index contributed by atoms with van der Waals surface area (Å²) >= 11 is 0. The summed E-state index contributed by atoms with van der Waals surface area (Å²) in [5.41, 5.74) is -0.447. The van der Waals surface area contributed by atoms with Crippen LogP contribution in [0.5, 0.6) is 0 Å². The van der Waals surface area contributed by atoms with Gasteiger partial charge in [-0.15, -0.1) is 0 Å². The highest BCUT2D eigenvalue weighted by molar-refractivity contribution is 6.10. The molecule has 0 unspecified atom stereocenters. The molecule has 0 aliphatic carbocycles. The summed E-state index contributed by atoms with van der Waals surface area (Å²) in [5.74, 6) is -2.48. The Bertz CT molecular complexity index is 1120. The molecule has 1 saturated heterocycles. The van der Waals surface area contributed by atoms with E-state index < -0.39 is 41.3 Å². The zero-order valence-electron chi connectivity index (χ0n) is 18.6. The van der Waals surface area contributed by atoms with Crippen molar-refractivity contribution in [3.63, 3.8) is 0 Å². The minimum absolute atomic E-state index is 0.0599. The molecule has 1 N–H and O–H groups in total. The fourth-order valence-electron chi connectivity index (χ4n) is 4.73. The molecule has 0 bridgehead atoms. The topological polar surface area (TPSA) is 77.0 Å². The van der Waals surface area contributed by atoms with Gasteiger partial charge in [-0.2, -0.15) is 13.2 Å². The molecule has 34 heavy (non-hydrogen) atoms. The van der Waals surface area contributed by atoms with Crippen molar-refractivity contribution in [1.82, 2.24) is 4.98 Å². The summed E-state index contributed by atoms with van der Waals surface area (Å²) in [6, 6.07) is 4.83. The van der Waals surface area contributed by atoms with Crippen LogP contribution < -0.4 is 14.7 Å². The third-order valence-electron chi connectivity index (χ3n) is 6.21. The van der Waals surface area contributed by atoms with Crippen LogP contribution in [0.4, 0.5) is 34.8 Å². The lowest BCUT2D eigenvalue weighted by atomic mass is 9.95. The Balaban J connectivity index is 1.82. The fourth-order valence-corrected chi connectivity index (χ4v) is 4.73. The minimum Gasteiger partial charge on any atom is -0.396 e. The van der Waals surface area contributed by atoms with Crippen LogP contribution in [0.15, 0.2) is 30.3 Å². The standard InChI is InChI=1S/C23H24F4N4O3/c1-13-9-15(23(25,26)27)11-18(28-13)31-19(33)10-14-12-30(7-4-8-32)21-16(24)5-3-6-17(21)29(2)22(34)20(14)31/h3,5-6,9,11,14,20,32H,4,7-8,10,12H2,1-2H3/t14-,20+/m1/s1. The predicted octanol–water partition coefficient (Wildman–Crippen LogP) is 3.13. The number of aliphatic hydroxyl groups excluding tert-OH is 1. The highest BCUT2D eigenvalue weighted by Gasteiger charge is 2.49. The Morgan fingerprint density at radius 1 is 1.21 bits per heavy atom. The molecule has 2 aromatic rings. The lowest BCUT2D eigenvalue weighted by Gasteiger charge is -2.38. The summed E-state index contributed by atoms with van der Waals surface area (Å²) in [6.45, 7) is 1.63. The first-order chi connectivity index (χ1) is 16.0. The van der Waals surface area contributed by atoms with Gasteiger partial charge in [-0.3, -0.25) is 14.5 Å². The van der Waals surface area contributed by atoms with E-state index in [1.807, 2.05) is 0 Å². The van der Waals surface area contributed by atoms with E-state index in [2.05, 4.69) is 4.98 Å². The number of para-hydroxylation sites is 1. The van der Waals surface area contributed by atoms with Crippen LogP contribution in [0, 0.1) is 18.7 Å². The van der Waals surface area contributed by atoms with Gasteiger partial charge in [-0.1, -0.05) is 6.07 Å². The summed E-state index contributed by atoms with van der Waals surface area (Å²) in [6.07, 6.45) is -4.43. The first kappa shape index (κ1) is 23.9. The van der Waals surface area contributed by atoms with Crippen molar-refractivity contribution >= 4 is 29.0 Å². The zero-order chi connectivity index (χ0) is 24.8. The number of hydrogen-bond acceptors (Lipinski definition) is 5. The highest BCUT2D eigenvalue weighted by Crippen LogP contribution is 2.41. The number of carbonyl (C=O) groups is 2. The molecular formula is C23H24F4N4O3. The van der Waals surface area contributed by atoms with E-state index in [0.29, 0.717) is 6.42 Å². The second-order valence-corrected chi connectivity index (χ2v) is 8.55. The van der Waals surface area contributed by atoms with Gasteiger partial charge in [0.05, 0.1) is 16.9 Å².